The average Bonchev–Trinajstić information content (AvgIpc) is 2.66. The van der Waals surface area contributed by atoms with Crippen LogP contribution in [-0.2, 0) is 6.42 Å². The van der Waals surface area contributed by atoms with E-state index in [0.29, 0.717) is 0 Å². The molecule has 0 amide bonds. The Morgan fingerprint density at radius 3 is 2.67 bits per heavy atom. The van der Waals surface area contributed by atoms with Crippen LogP contribution in [0.25, 0.3) is 0 Å². The van der Waals surface area contributed by atoms with Gasteiger partial charge in [0.2, 0.25) is 0 Å². The van der Waals surface area contributed by atoms with Crippen molar-refractivity contribution in [3.05, 3.63) is 35.9 Å². The predicted molar refractivity (Wildman–Crippen MR) is 65.0 cm³/mol. The molecule has 1 aromatic carbocycles. The molecule has 1 N–H and O–H groups in total. The Hall–Kier alpha value is -0.820. The van der Waals surface area contributed by atoms with Crippen molar-refractivity contribution in [2.24, 2.45) is 5.92 Å². The number of benzene rings is 1. The van der Waals surface area contributed by atoms with Crippen molar-refractivity contribution in [1.82, 2.24) is 5.32 Å². The van der Waals surface area contributed by atoms with Gasteiger partial charge in [-0.3, -0.25) is 0 Å². The zero-order valence-corrected chi connectivity index (χ0v) is 9.58. The number of rotatable bonds is 4. The Bertz CT molecular complexity index is 281. The molecular formula is C14H21N. The SMILES string of the molecule is CC1CCCC1NCCc1ccccc1. The number of nitrogens with one attached hydrogen (secondary N) is 1. The van der Waals surface area contributed by atoms with Gasteiger partial charge in [-0.1, -0.05) is 43.7 Å². The average molecular weight is 203 g/mol. The van der Waals surface area contributed by atoms with E-state index < -0.39 is 0 Å². The van der Waals surface area contributed by atoms with Gasteiger partial charge < -0.3 is 5.32 Å². The summed E-state index contributed by atoms with van der Waals surface area (Å²) in [7, 11) is 0. The predicted octanol–water partition coefficient (Wildman–Crippen LogP) is 3.01. The summed E-state index contributed by atoms with van der Waals surface area (Å²) >= 11 is 0. The fourth-order valence-corrected chi connectivity index (χ4v) is 2.50. The highest BCUT2D eigenvalue weighted by atomic mass is 14.9. The van der Waals surface area contributed by atoms with Gasteiger partial charge in [0.05, 0.1) is 0 Å². The summed E-state index contributed by atoms with van der Waals surface area (Å²) in [4.78, 5) is 0. The molecule has 1 aromatic rings. The van der Waals surface area contributed by atoms with Crippen molar-refractivity contribution < 1.29 is 0 Å². The van der Waals surface area contributed by atoms with Crippen molar-refractivity contribution in [3.8, 4) is 0 Å². The van der Waals surface area contributed by atoms with E-state index in [2.05, 4.69) is 42.6 Å². The van der Waals surface area contributed by atoms with Gasteiger partial charge in [-0.25, -0.2) is 0 Å². The van der Waals surface area contributed by atoms with Crippen LogP contribution in [0, 0.1) is 5.92 Å². The van der Waals surface area contributed by atoms with Crippen LogP contribution in [0.15, 0.2) is 30.3 Å². The lowest BCUT2D eigenvalue weighted by molar-refractivity contribution is 0.430. The molecule has 0 radical (unpaired) electrons. The zero-order valence-electron chi connectivity index (χ0n) is 9.58. The molecule has 2 unspecified atom stereocenters. The molecule has 1 saturated carbocycles. The lowest BCUT2D eigenvalue weighted by Gasteiger charge is -2.17. The molecule has 0 aliphatic heterocycles. The summed E-state index contributed by atoms with van der Waals surface area (Å²) in [5, 5.41) is 3.68. The molecule has 1 aliphatic carbocycles. The van der Waals surface area contributed by atoms with E-state index in [1.54, 1.807) is 0 Å². The largest absolute Gasteiger partial charge is 0.313 e. The van der Waals surface area contributed by atoms with Gasteiger partial charge in [0.1, 0.15) is 0 Å². The van der Waals surface area contributed by atoms with E-state index in [1.165, 1.54) is 24.8 Å². The lowest BCUT2D eigenvalue weighted by atomic mass is 10.1. The molecule has 1 heteroatoms. The Morgan fingerprint density at radius 2 is 2.00 bits per heavy atom. The van der Waals surface area contributed by atoms with E-state index in [-0.39, 0.29) is 0 Å². The van der Waals surface area contributed by atoms with Gasteiger partial charge in [0.25, 0.3) is 0 Å². The van der Waals surface area contributed by atoms with Crippen molar-refractivity contribution in [3.63, 3.8) is 0 Å². The summed E-state index contributed by atoms with van der Waals surface area (Å²) in [5.41, 5.74) is 1.44. The van der Waals surface area contributed by atoms with Crippen molar-refractivity contribution in [2.75, 3.05) is 6.54 Å². The van der Waals surface area contributed by atoms with Gasteiger partial charge >= 0.3 is 0 Å². The Labute approximate surface area is 92.9 Å². The maximum Gasteiger partial charge on any atom is 0.00928 e. The maximum absolute atomic E-state index is 3.68. The van der Waals surface area contributed by atoms with Crippen LogP contribution in [0.3, 0.4) is 0 Å². The highest BCUT2D eigenvalue weighted by Gasteiger charge is 2.21. The fraction of sp³-hybridized carbons (Fsp3) is 0.571. The molecule has 1 nitrogen and oxygen atoms in total. The van der Waals surface area contributed by atoms with Gasteiger partial charge in [-0.2, -0.15) is 0 Å². The van der Waals surface area contributed by atoms with Gasteiger partial charge in [0.15, 0.2) is 0 Å². The molecular weight excluding hydrogens is 182 g/mol. The fourth-order valence-electron chi connectivity index (χ4n) is 2.50. The number of hydrogen-bond acceptors (Lipinski definition) is 1. The van der Waals surface area contributed by atoms with E-state index in [0.717, 1.165) is 24.9 Å². The minimum atomic E-state index is 0.772. The first-order chi connectivity index (χ1) is 7.36. The smallest absolute Gasteiger partial charge is 0.00928 e. The molecule has 0 saturated heterocycles. The van der Waals surface area contributed by atoms with Crippen LogP contribution in [0.4, 0.5) is 0 Å². The van der Waals surface area contributed by atoms with Crippen molar-refractivity contribution in [2.45, 2.75) is 38.6 Å². The second-order valence-electron chi connectivity index (χ2n) is 4.70. The van der Waals surface area contributed by atoms with Crippen LogP contribution >= 0.6 is 0 Å². The standard InChI is InChI=1S/C14H21N/c1-12-6-5-9-14(12)15-11-10-13-7-3-2-4-8-13/h2-4,7-8,12,14-15H,5-6,9-11H2,1H3. The van der Waals surface area contributed by atoms with Crippen molar-refractivity contribution >= 4 is 0 Å². The Kier molecular flexibility index (Phi) is 3.79. The summed E-state index contributed by atoms with van der Waals surface area (Å²) < 4.78 is 0. The molecule has 15 heavy (non-hydrogen) atoms. The van der Waals surface area contributed by atoms with Crippen LogP contribution < -0.4 is 5.32 Å². The first-order valence-corrected chi connectivity index (χ1v) is 6.13. The first-order valence-electron chi connectivity index (χ1n) is 6.13. The van der Waals surface area contributed by atoms with E-state index in [1.807, 2.05) is 0 Å². The molecule has 0 bridgehead atoms. The third kappa shape index (κ3) is 3.07. The monoisotopic (exact) mass is 203 g/mol. The first kappa shape index (κ1) is 10.7. The van der Waals surface area contributed by atoms with Crippen LogP contribution in [0.1, 0.15) is 31.7 Å². The molecule has 1 aliphatic rings. The molecule has 82 valence electrons. The molecule has 0 aromatic heterocycles. The topological polar surface area (TPSA) is 12.0 Å². The number of hydrogen-bond donors (Lipinski definition) is 1. The summed E-state index contributed by atoms with van der Waals surface area (Å²) in [6.45, 7) is 3.49. The molecule has 2 rings (SSSR count). The van der Waals surface area contributed by atoms with Crippen LogP contribution in [0.2, 0.25) is 0 Å². The highest BCUT2D eigenvalue weighted by molar-refractivity contribution is 5.14. The van der Waals surface area contributed by atoms with Crippen LogP contribution in [-0.4, -0.2) is 12.6 Å². The lowest BCUT2D eigenvalue weighted by Crippen LogP contribution is -2.32. The van der Waals surface area contributed by atoms with E-state index >= 15 is 0 Å². The summed E-state index contributed by atoms with van der Waals surface area (Å²) in [6, 6.07) is 11.5. The minimum Gasteiger partial charge on any atom is -0.313 e. The quantitative estimate of drug-likeness (QED) is 0.793. The summed E-state index contributed by atoms with van der Waals surface area (Å²) in [6.07, 6.45) is 5.34. The second kappa shape index (κ2) is 5.32. The molecule has 2 atom stereocenters. The third-order valence-corrected chi connectivity index (χ3v) is 3.52. The van der Waals surface area contributed by atoms with Gasteiger partial charge in [0, 0.05) is 6.04 Å². The van der Waals surface area contributed by atoms with Crippen LogP contribution in [0.5, 0.6) is 0 Å². The molecule has 0 spiro atoms. The highest BCUT2D eigenvalue weighted by Crippen LogP contribution is 2.24. The normalized spacial score (nSPS) is 25.7. The maximum atomic E-state index is 3.68. The van der Waals surface area contributed by atoms with Gasteiger partial charge in [-0.15, -0.1) is 0 Å². The summed E-state index contributed by atoms with van der Waals surface area (Å²) in [5.74, 6) is 0.876. The molecule has 0 heterocycles. The molecule has 1 fully saturated rings. The Balaban J connectivity index is 1.71. The van der Waals surface area contributed by atoms with E-state index in [9.17, 15) is 0 Å². The van der Waals surface area contributed by atoms with Gasteiger partial charge in [-0.05, 0) is 37.3 Å². The zero-order chi connectivity index (χ0) is 10.5. The minimum absolute atomic E-state index is 0.772. The second-order valence-corrected chi connectivity index (χ2v) is 4.70. The van der Waals surface area contributed by atoms with E-state index in [4.69, 9.17) is 0 Å². The van der Waals surface area contributed by atoms with Crippen molar-refractivity contribution in [1.29, 1.82) is 0 Å². The third-order valence-electron chi connectivity index (χ3n) is 3.52. The Morgan fingerprint density at radius 1 is 1.20 bits per heavy atom.